The Balaban J connectivity index is 2.00. The zero-order valence-corrected chi connectivity index (χ0v) is 11.8. The number of rotatable bonds is 2. The number of halogens is 1. The lowest BCUT2D eigenvalue weighted by Crippen LogP contribution is -2.45. The third kappa shape index (κ3) is 2.34. The first-order valence-corrected chi connectivity index (χ1v) is 6.80. The van der Waals surface area contributed by atoms with Crippen LogP contribution in [0.2, 0.25) is 5.15 Å². The van der Waals surface area contributed by atoms with Gasteiger partial charge in [-0.1, -0.05) is 41.9 Å². The zero-order valence-electron chi connectivity index (χ0n) is 11.0. The molecule has 102 valence electrons. The average Bonchev–Trinajstić information content (AvgIpc) is 2.46. The van der Waals surface area contributed by atoms with Crippen LogP contribution in [0.3, 0.4) is 0 Å². The van der Waals surface area contributed by atoms with Gasteiger partial charge in [0.25, 0.3) is 0 Å². The Morgan fingerprint density at radius 1 is 1.35 bits per heavy atom. The van der Waals surface area contributed by atoms with Crippen LogP contribution in [0.1, 0.15) is 12.5 Å². The van der Waals surface area contributed by atoms with Crippen LogP contribution in [-0.4, -0.2) is 16.9 Å². The Kier molecular flexibility index (Phi) is 3.32. The van der Waals surface area contributed by atoms with Gasteiger partial charge < -0.3 is 10.2 Å². The molecule has 0 spiro atoms. The van der Waals surface area contributed by atoms with E-state index < -0.39 is 0 Å². The van der Waals surface area contributed by atoms with Crippen molar-refractivity contribution in [3.63, 3.8) is 0 Å². The summed E-state index contributed by atoms with van der Waals surface area (Å²) in [5.41, 5.74) is 2.75. The molecule has 0 bridgehead atoms. The first-order valence-electron chi connectivity index (χ1n) is 6.42. The van der Waals surface area contributed by atoms with Crippen LogP contribution in [0.5, 0.6) is 0 Å². The van der Waals surface area contributed by atoms with Gasteiger partial charge in [0.1, 0.15) is 11.2 Å². The van der Waals surface area contributed by atoms with E-state index in [1.165, 1.54) is 0 Å². The van der Waals surface area contributed by atoms with Crippen LogP contribution >= 0.6 is 11.6 Å². The van der Waals surface area contributed by atoms with Crippen LogP contribution in [0.25, 0.3) is 0 Å². The summed E-state index contributed by atoms with van der Waals surface area (Å²) in [7, 11) is 0. The van der Waals surface area contributed by atoms with E-state index in [9.17, 15) is 4.79 Å². The van der Waals surface area contributed by atoms with E-state index in [0.29, 0.717) is 17.4 Å². The molecule has 0 saturated heterocycles. The van der Waals surface area contributed by atoms with Crippen molar-refractivity contribution < 1.29 is 4.79 Å². The summed E-state index contributed by atoms with van der Waals surface area (Å²) in [4.78, 5) is 18.1. The topological polar surface area (TPSA) is 45.2 Å². The lowest BCUT2D eigenvalue weighted by atomic mass is 10.1. The van der Waals surface area contributed by atoms with E-state index in [1.54, 1.807) is 12.3 Å². The van der Waals surface area contributed by atoms with Crippen molar-refractivity contribution in [2.45, 2.75) is 19.5 Å². The molecule has 1 aromatic heterocycles. The first kappa shape index (κ1) is 12.9. The minimum absolute atomic E-state index is 0.0300. The summed E-state index contributed by atoms with van der Waals surface area (Å²) in [6, 6.07) is 11.6. The fourth-order valence-corrected chi connectivity index (χ4v) is 2.50. The van der Waals surface area contributed by atoms with E-state index in [-0.39, 0.29) is 11.9 Å². The van der Waals surface area contributed by atoms with Crippen LogP contribution in [0.15, 0.2) is 42.6 Å². The maximum atomic E-state index is 12.0. The number of hydrogen-bond donors (Lipinski definition) is 1. The second-order valence-electron chi connectivity index (χ2n) is 4.80. The molecule has 4 nitrogen and oxygen atoms in total. The Morgan fingerprint density at radius 3 is 2.85 bits per heavy atom. The third-order valence-electron chi connectivity index (χ3n) is 3.46. The third-order valence-corrected chi connectivity index (χ3v) is 3.67. The number of hydrogen-bond acceptors (Lipinski definition) is 3. The standard InChI is InChI=1S/C15H14ClN3O/c1-10-15(20)18-12-8-17-14(16)7-13(12)19(10)9-11-5-3-2-4-6-11/h2-8,10H,9H2,1H3,(H,18,20)/t10-/m0/s1. The number of pyridine rings is 1. The van der Waals surface area contributed by atoms with Crippen LogP contribution < -0.4 is 10.2 Å². The van der Waals surface area contributed by atoms with Crippen molar-refractivity contribution in [3.05, 3.63) is 53.3 Å². The first-order chi connectivity index (χ1) is 9.65. The molecular weight excluding hydrogens is 274 g/mol. The lowest BCUT2D eigenvalue weighted by Gasteiger charge is -2.36. The molecule has 0 fully saturated rings. The summed E-state index contributed by atoms with van der Waals surface area (Å²) >= 11 is 5.98. The molecule has 1 N–H and O–H groups in total. The number of amides is 1. The molecule has 0 aliphatic carbocycles. The molecule has 1 amide bonds. The quantitative estimate of drug-likeness (QED) is 0.864. The van der Waals surface area contributed by atoms with Gasteiger partial charge in [-0.15, -0.1) is 0 Å². The summed E-state index contributed by atoms with van der Waals surface area (Å²) in [5.74, 6) is -0.0300. The molecule has 1 atom stereocenters. The number of carbonyl (C=O) groups is 1. The highest BCUT2D eigenvalue weighted by Gasteiger charge is 2.29. The number of anilines is 2. The number of carbonyl (C=O) groups excluding carboxylic acids is 1. The van der Waals surface area contributed by atoms with Crippen molar-refractivity contribution in [3.8, 4) is 0 Å². The normalized spacial score (nSPS) is 17.6. The maximum Gasteiger partial charge on any atom is 0.246 e. The molecule has 3 rings (SSSR count). The Bertz CT molecular complexity index is 645. The predicted molar refractivity (Wildman–Crippen MR) is 80.0 cm³/mol. The fraction of sp³-hybridized carbons (Fsp3) is 0.200. The number of fused-ring (bicyclic) bond motifs is 1. The van der Waals surface area contributed by atoms with Crippen molar-refractivity contribution in [2.24, 2.45) is 0 Å². The predicted octanol–water partition coefficient (Wildman–Crippen LogP) is 3.08. The van der Waals surface area contributed by atoms with Gasteiger partial charge in [0, 0.05) is 12.6 Å². The van der Waals surface area contributed by atoms with Crippen molar-refractivity contribution >= 4 is 28.9 Å². The van der Waals surface area contributed by atoms with Gasteiger partial charge in [-0.25, -0.2) is 4.98 Å². The second kappa shape index (κ2) is 5.13. The summed E-state index contributed by atoms with van der Waals surface area (Å²) in [5, 5.41) is 3.27. The molecule has 1 aromatic carbocycles. The average molecular weight is 288 g/mol. The monoisotopic (exact) mass is 287 g/mol. The highest BCUT2D eigenvalue weighted by atomic mass is 35.5. The summed E-state index contributed by atoms with van der Waals surface area (Å²) < 4.78 is 0. The number of benzene rings is 1. The zero-order chi connectivity index (χ0) is 14.1. The molecule has 1 aliphatic heterocycles. The molecule has 2 heterocycles. The van der Waals surface area contributed by atoms with Gasteiger partial charge in [0.2, 0.25) is 5.91 Å². The van der Waals surface area contributed by atoms with E-state index in [0.717, 1.165) is 11.3 Å². The van der Waals surface area contributed by atoms with Crippen molar-refractivity contribution in [2.75, 3.05) is 10.2 Å². The highest BCUT2D eigenvalue weighted by molar-refractivity contribution is 6.29. The van der Waals surface area contributed by atoms with Crippen LogP contribution in [0, 0.1) is 0 Å². The largest absolute Gasteiger partial charge is 0.354 e. The molecule has 2 aromatic rings. The van der Waals surface area contributed by atoms with E-state index in [1.807, 2.05) is 42.2 Å². The molecular formula is C15H14ClN3O. The minimum Gasteiger partial charge on any atom is -0.354 e. The molecule has 5 heteroatoms. The molecule has 20 heavy (non-hydrogen) atoms. The molecule has 0 unspecified atom stereocenters. The molecule has 0 saturated carbocycles. The molecule has 1 aliphatic rings. The summed E-state index contributed by atoms with van der Waals surface area (Å²) in [6.07, 6.45) is 1.60. The van der Waals surface area contributed by atoms with Crippen molar-refractivity contribution in [1.29, 1.82) is 0 Å². The lowest BCUT2D eigenvalue weighted by molar-refractivity contribution is -0.117. The smallest absolute Gasteiger partial charge is 0.246 e. The van der Waals surface area contributed by atoms with Gasteiger partial charge in [-0.3, -0.25) is 4.79 Å². The SMILES string of the molecule is C[C@H]1C(=O)Nc2cnc(Cl)cc2N1Cc1ccccc1. The van der Waals surface area contributed by atoms with Crippen LogP contribution in [-0.2, 0) is 11.3 Å². The Morgan fingerprint density at radius 2 is 2.10 bits per heavy atom. The van der Waals surface area contributed by atoms with E-state index in [4.69, 9.17) is 11.6 Å². The fourth-order valence-electron chi connectivity index (χ4n) is 2.34. The maximum absolute atomic E-state index is 12.0. The number of nitrogens with one attached hydrogen (secondary N) is 1. The van der Waals surface area contributed by atoms with Gasteiger partial charge in [0.05, 0.1) is 17.6 Å². The highest BCUT2D eigenvalue weighted by Crippen LogP contribution is 2.34. The van der Waals surface area contributed by atoms with Gasteiger partial charge in [0.15, 0.2) is 0 Å². The summed E-state index contributed by atoms with van der Waals surface area (Å²) in [6.45, 7) is 2.54. The minimum atomic E-state index is -0.249. The number of aromatic nitrogens is 1. The molecule has 0 radical (unpaired) electrons. The van der Waals surface area contributed by atoms with Gasteiger partial charge >= 0.3 is 0 Å². The second-order valence-corrected chi connectivity index (χ2v) is 5.19. The number of nitrogens with zero attached hydrogens (tertiary/aromatic N) is 2. The van der Waals surface area contributed by atoms with Crippen LogP contribution in [0.4, 0.5) is 11.4 Å². The van der Waals surface area contributed by atoms with Gasteiger partial charge in [-0.05, 0) is 12.5 Å². The van der Waals surface area contributed by atoms with Crippen molar-refractivity contribution in [1.82, 2.24) is 4.98 Å². The van der Waals surface area contributed by atoms with E-state index >= 15 is 0 Å². The Hall–Kier alpha value is -2.07. The van der Waals surface area contributed by atoms with E-state index in [2.05, 4.69) is 10.3 Å². The van der Waals surface area contributed by atoms with Gasteiger partial charge in [-0.2, -0.15) is 0 Å². The Labute approximate surface area is 122 Å².